The quantitative estimate of drug-likeness (QED) is 0.565. The molecule has 0 saturated heterocycles. The number of fused-ring (bicyclic) bond motifs is 1. The van der Waals surface area contributed by atoms with Crippen molar-refractivity contribution in [1.29, 1.82) is 0 Å². The normalized spacial score (nSPS) is 15.2. The highest BCUT2D eigenvalue weighted by Crippen LogP contribution is 2.35. The van der Waals surface area contributed by atoms with Gasteiger partial charge in [-0.05, 0) is 48.7 Å². The molecule has 2 heterocycles. The Bertz CT molecular complexity index is 1210. The second kappa shape index (κ2) is 9.50. The number of hydrogen-bond acceptors (Lipinski definition) is 5. The van der Waals surface area contributed by atoms with Crippen molar-refractivity contribution in [1.82, 2.24) is 15.3 Å². The van der Waals surface area contributed by atoms with Crippen molar-refractivity contribution in [2.24, 2.45) is 5.10 Å². The summed E-state index contributed by atoms with van der Waals surface area (Å²) < 4.78 is 11.1. The first-order valence-corrected chi connectivity index (χ1v) is 10.9. The molecule has 2 aromatic carbocycles. The fourth-order valence-electron chi connectivity index (χ4n) is 3.96. The number of benzene rings is 2. The summed E-state index contributed by atoms with van der Waals surface area (Å²) in [5.74, 6) is 1.24. The van der Waals surface area contributed by atoms with Gasteiger partial charge in [-0.15, -0.1) is 0 Å². The number of pyridine rings is 1. The van der Waals surface area contributed by atoms with E-state index in [4.69, 9.17) is 26.2 Å². The van der Waals surface area contributed by atoms with Gasteiger partial charge in [0.15, 0.2) is 11.5 Å². The lowest BCUT2D eigenvalue weighted by molar-refractivity contribution is 0.184. The van der Waals surface area contributed by atoms with E-state index >= 15 is 0 Å². The fraction of sp³-hybridized carbons (Fsp3) is 0.240. The van der Waals surface area contributed by atoms with E-state index in [0.29, 0.717) is 28.8 Å². The Morgan fingerprint density at radius 1 is 1.06 bits per heavy atom. The number of hydrazone groups is 1. The van der Waals surface area contributed by atoms with E-state index in [2.05, 4.69) is 10.3 Å². The molecule has 0 radical (unpaired) electrons. The zero-order valence-corrected chi connectivity index (χ0v) is 19.7. The van der Waals surface area contributed by atoms with Gasteiger partial charge in [0.1, 0.15) is 5.15 Å². The smallest absolute Gasteiger partial charge is 0.337 e. The second-order valence-electron chi connectivity index (χ2n) is 7.68. The van der Waals surface area contributed by atoms with Crippen LogP contribution in [0.1, 0.15) is 23.6 Å². The number of urea groups is 1. The van der Waals surface area contributed by atoms with Gasteiger partial charge in [0.2, 0.25) is 0 Å². The van der Waals surface area contributed by atoms with Crippen LogP contribution in [0.3, 0.4) is 0 Å². The van der Waals surface area contributed by atoms with Crippen LogP contribution in [-0.2, 0) is 6.42 Å². The first-order chi connectivity index (χ1) is 16.0. The third-order valence-electron chi connectivity index (χ3n) is 5.66. The van der Waals surface area contributed by atoms with Crippen molar-refractivity contribution in [3.05, 3.63) is 76.6 Å². The highest BCUT2D eigenvalue weighted by molar-refractivity contribution is 6.32. The Morgan fingerprint density at radius 2 is 1.73 bits per heavy atom. The van der Waals surface area contributed by atoms with E-state index in [0.717, 1.165) is 27.8 Å². The topological polar surface area (TPSA) is 76.1 Å². The van der Waals surface area contributed by atoms with Gasteiger partial charge in [-0.1, -0.05) is 35.9 Å². The minimum atomic E-state index is -0.273. The number of carbonyl (C=O) groups is 1. The van der Waals surface area contributed by atoms with Crippen LogP contribution in [0.5, 0.6) is 11.5 Å². The van der Waals surface area contributed by atoms with E-state index < -0.39 is 0 Å². The lowest BCUT2D eigenvalue weighted by Crippen LogP contribution is -2.41. The molecule has 2 amide bonds. The second-order valence-corrected chi connectivity index (χ2v) is 8.04. The molecule has 8 heteroatoms. The van der Waals surface area contributed by atoms with E-state index in [1.54, 1.807) is 27.5 Å². The summed E-state index contributed by atoms with van der Waals surface area (Å²) in [6, 6.07) is 15.1. The molecule has 0 bridgehead atoms. The number of halogens is 1. The molecule has 1 aliphatic rings. The predicted molar refractivity (Wildman–Crippen MR) is 129 cm³/mol. The molecule has 1 aliphatic heterocycles. The molecule has 3 aromatic rings. The predicted octanol–water partition coefficient (Wildman–Crippen LogP) is 4.76. The Hall–Kier alpha value is -3.58. The molecular formula is C25H25ClN4O3. The maximum absolute atomic E-state index is 12.6. The largest absolute Gasteiger partial charge is 0.493 e. The SMILES string of the molecule is CNC(=O)N1N=C(c2ccc(-c3cccnc3Cl)cc2)c2cc(OC)c(OC)cc2C[C@H]1C. The minimum Gasteiger partial charge on any atom is -0.493 e. The van der Waals surface area contributed by atoms with Crippen molar-refractivity contribution in [2.45, 2.75) is 19.4 Å². The first kappa shape index (κ1) is 22.6. The Balaban J connectivity index is 1.86. The molecule has 1 atom stereocenters. The lowest BCUT2D eigenvalue weighted by Gasteiger charge is -2.22. The van der Waals surface area contributed by atoms with Gasteiger partial charge in [0.05, 0.1) is 26.0 Å². The van der Waals surface area contributed by atoms with Crippen molar-refractivity contribution >= 4 is 23.3 Å². The molecule has 0 saturated carbocycles. The zero-order chi connectivity index (χ0) is 23.5. The summed E-state index contributed by atoms with van der Waals surface area (Å²) >= 11 is 6.27. The monoisotopic (exact) mass is 464 g/mol. The van der Waals surface area contributed by atoms with Crippen LogP contribution in [0, 0.1) is 0 Å². The minimum absolute atomic E-state index is 0.159. The van der Waals surface area contributed by atoms with Gasteiger partial charge in [-0.3, -0.25) is 0 Å². The van der Waals surface area contributed by atoms with E-state index in [1.165, 1.54) is 5.01 Å². The van der Waals surface area contributed by atoms with E-state index in [1.807, 2.05) is 55.5 Å². The number of nitrogens with one attached hydrogen (secondary N) is 1. The van der Waals surface area contributed by atoms with Crippen LogP contribution in [0.15, 0.2) is 59.8 Å². The average molecular weight is 465 g/mol. The third-order valence-corrected chi connectivity index (χ3v) is 5.96. The molecule has 0 fully saturated rings. The molecule has 4 rings (SSSR count). The molecule has 7 nitrogen and oxygen atoms in total. The van der Waals surface area contributed by atoms with Crippen LogP contribution in [0.2, 0.25) is 5.15 Å². The Labute approximate surface area is 198 Å². The number of amides is 2. The molecule has 0 unspecified atom stereocenters. The molecule has 0 spiro atoms. The van der Waals surface area contributed by atoms with Gasteiger partial charge in [-0.25, -0.2) is 14.8 Å². The summed E-state index contributed by atoms with van der Waals surface area (Å²) in [7, 11) is 4.81. The van der Waals surface area contributed by atoms with Gasteiger partial charge in [0.25, 0.3) is 0 Å². The average Bonchev–Trinajstić information content (AvgIpc) is 2.98. The van der Waals surface area contributed by atoms with Crippen LogP contribution in [0.25, 0.3) is 11.1 Å². The Morgan fingerprint density at radius 3 is 2.36 bits per heavy atom. The molecule has 33 heavy (non-hydrogen) atoms. The highest BCUT2D eigenvalue weighted by atomic mass is 35.5. The zero-order valence-electron chi connectivity index (χ0n) is 18.9. The van der Waals surface area contributed by atoms with Crippen molar-refractivity contribution in [2.75, 3.05) is 21.3 Å². The standard InChI is InChI=1S/C25H25ClN4O3/c1-15-12-18-13-21(32-3)22(33-4)14-20(18)23(29-30(15)25(31)27-2)17-9-7-16(8-10-17)19-6-5-11-28-24(19)26/h5-11,13-15H,12H2,1-4H3,(H,27,31)/t15-/m1/s1. The highest BCUT2D eigenvalue weighted by Gasteiger charge is 2.28. The number of ether oxygens (including phenoxy) is 2. The number of hydrogen-bond donors (Lipinski definition) is 1. The number of nitrogens with zero attached hydrogens (tertiary/aromatic N) is 3. The van der Waals surface area contributed by atoms with Crippen LogP contribution < -0.4 is 14.8 Å². The van der Waals surface area contributed by atoms with Gasteiger partial charge in [0, 0.05) is 29.9 Å². The molecule has 1 aromatic heterocycles. The van der Waals surface area contributed by atoms with E-state index in [9.17, 15) is 4.79 Å². The molecule has 170 valence electrons. The number of aromatic nitrogens is 1. The van der Waals surface area contributed by atoms with Crippen LogP contribution in [0.4, 0.5) is 4.79 Å². The third kappa shape index (κ3) is 4.36. The maximum Gasteiger partial charge on any atom is 0.337 e. The van der Waals surface area contributed by atoms with Gasteiger partial charge < -0.3 is 14.8 Å². The molecule has 0 aliphatic carbocycles. The summed E-state index contributed by atoms with van der Waals surface area (Å²) in [6.45, 7) is 1.97. The van der Waals surface area contributed by atoms with Gasteiger partial charge in [-0.2, -0.15) is 5.10 Å². The number of carbonyl (C=O) groups excluding carboxylic acids is 1. The van der Waals surface area contributed by atoms with Crippen LogP contribution in [-0.4, -0.2) is 49.0 Å². The molecular weight excluding hydrogens is 440 g/mol. The lowest BCUT2D eigenvalue weighted by atomic mass is 9.93. The Kier molecular flexibility index (Phi) is 6.51. The summed E-state index contributed by atoms with van der Waals surface area (Å²) in [5.41, 5.74) is 5.22. The number of methoxy groups -OCH3 is 2. The first-order valence-electron chi connectivity index (χ1n) is 10.5. The number of rotatable bonds is 4. The van der Waals surface area contributed by atoms with E-state index in [-0.39, 0.29) is 12.1 Å². The summed E-state index contributed by atoms with van der Waals surface area (Å²) in [6.07, 6.45) is 2.27. The molecule has 1 N–H and O–H groups in total. The fourth-order valence-corrected chi connectivity index (χ4v) is 4.19. The summed E-state index contributed by atoms with van der Waals surface area (Å²) in [4.78, 5) is 16.8. The van der Waals surface area contributed by atoms with Gasteiger partial charge >= 0.3 is 6.03 Å². The van der Waals surface area contributed by atoms with Crippen LogP contribution >= 0.6 is 11.6 Å². The summed E-state index contributed by atoms with van der Waals surface area (Å²) in [5, 5.41) is 9.41. The van der Waals surface area contributed by atoms with Crippen molar-refractivity contribution in [3.63, 3.8) is 0 Å². The van der Waals surface area contributed by atoms with Crippen molar-refractivity contribution < 1.29 is 14.3 Å². The maximum atomic E-state index is 12.6. The van der Waals surface area contributed by atoms with Crippen molar-refractivity contribution in [3.8, 4) is 22.6 Å².